The lowest BCUT2D eigenvalue weighted by Gasteiger charge is -2.72. The Kier molecular flexibility index (Phi) is 5.07. The molecule has 0 bridgehead atoms. The molecule has 3 heteroatoms. The normalized spacial score (nSPS) is 52.6. The number of aliphatic hydroxyl groups excluding tert-OH is 2. The first-order valence-electron chi connectivity index (χ1n) is 13.7. The van der Waals surface area contributed by atoms with Crippen molar-refractivity contribution in [3.63, 3.8) is 0 Å². The van der Waals surface area contributed by atoms with Gasteiger partial charge in [-0.05, 0) is 97.2 Å². The molecule has 2 N–H and O–H groups in total. The van der Waals surface area contributed by atoms with Gasteiger partial charge in [-0.15, -0.1) is 0 Å². The van der Waals surface area contributed by atoms with Crippen molar-refractivity contribution in [3.05, 3.63) is 11.6 Å². The molecule has 3 nitrogen and oxygen atoms in total. The standard InChI is InChI=1S/C30H48O3/c1-25(2)12-14-30(18-31)15-13-28(6)19(20(30)16-25)8-9-23-27(5)17-21(32)24(33)26(3,4)22(27)10-11-29(23,28)7/h16,19,21-23,31-32H,8-15,17-18H2,1-7H3. The molecule has 0 aromatic heterocycles. The van der Waals surface area contributed by atoms with Gasteiger partial charge in [-0.25, -0.2) is 0 Å². The molecule has 5 aliphatic rings. The van der Waals surface area contributed by atoms with Crippen molar-refractivity contribution < 1.29 is 15.0 Å². The second-order valence-electron chi connectivity index (χ2n) is 14.9. The number of aliphatic hydroxyl groups is 2. The summed E-state index contributed by atoms with van der Waals surface area (Å²) in [4.78, 5) is 13.0. The molecule has 0 aliphatic heterocycles. The number of carbonyl (C=O) groups excluding carboxylic acids is 1. The maximum atomic E-state index is 13.0. The average molecular weight is 457 g/mol. The van der Waals surface area contributed by atoms with Gasteiger partial charge in [0.15, 0.2) is 5.78 Å². The number of rotatable bonds is 1. The predicted octanol–water partition coefficient (Wildman–Crippen LogP) is 6.32. The lowest BCUT2D eigenvalue weighted by atomic mass is 9.32. The van der Waals surface area contributed by atoms with Gasteiger partial charge in [0, 0.05) is 10.8 Å². The van der Waals surface area contributed by atoms with E-state index in [1.54, 1.807) is 5.57 Å². The molecule has 186 valence electrons. The summed E-state index contributed by atoms with van der Waals surface area (Å²) >= 11 is 0. The summed E-state index contributed by atoms with van der Waals surface area (Å²) in [6.45, 7) is 16.8. The van der Waals surface area contributed by atoms with Crippen molar-refractivity contribution >= 4 is 5.78 Å². The minimum atomic E-state index is -0.815. The second-order valence-corrected chi connectivity index (χ2v) is 14.9. The van der Waals surface area contributed by atoms with Gasteiger partial charge < -0.3 is 10.2 Å². The topological polar surface area (TPSA) is 57.5 Å². The van der Waals surface area contributed by atoms with Crippen LogP contribution in [0, 0.1) is 50.2 Å². The summed E-state index contributed by atoms with van der Waals surface area (Å²) < 4.78 is 0. The van der Waals surface area contributed by atoms with Crippen LogP contribution in [0.25, 0.3) is 0 Å². The SMILES string of the molecule is CC1(C)C=C2C3CCC4C5(C)CC(O)C(=O)C(C)(C)C5CCC4(C)C3(C)CCC2(CO)CC1. The Morgan fingerprint density at radius 1 is 0.848 bits per heavy atom. The van der Waals surface area contributed by atoms with Crippen molar-refractivity contribution in [2.75, 3.05) is 6.61 Å². The molecule has 8 unspecified atom stereocenters. The van der Waals surface area contributed by atoms with Gasteiger partial charge in [-0.3, -0.25) is 4.79 Å². The van der Waals surface area contributed by atoms with Crippen molar-refractivity contribution in [1.82, 2.24) is 0 Å². The molecule has 0 radical (unpaired) electrons. The molecular formula is C30H48O3. The van der Waals surface area contributed by atoms with Gasteiger partial charge in [-0.1, -0.05) is 60.1 Å². The van der Waals surface area contributed by atoms with Crippen LogP contribution in [0.3, 0.4) is 0 Å². The maximum absolute atomic E-state index is 13.0. The van der Waals surface area contributed by atoms with Crippen LogP contribution in [0.1, 0.15) is 106 Å². The third-order valence-corrected chi connectivity index (χ3v) is 12.8. The fraction of sp³-hybridized carbons (Fsp3) is 0.900. The Bertz CT molecular complexity index is 885. The summed E-state index contributed by atoms with van der Waals surface area (Å²) in [5.41, 5.74) is 1.76. The number of Topliss-reactive ketones (excluding diaryl/α,β-unsaturated/α-hetero) is 1. The lowest BCUT2D eigenvalue weighted by Crippen LogP contribution is -2.67. The number of allylic oxidation sites excluding steroid dienone is 1. The van der Waals surface area contributed by atoms with Crippen molar-refractivity contribution in [1.29, 1.82) is 0 Å². The van der Waals surface area contributed by atoms with Crippen LogP contribution in [0.15, 0.2) is 11.6 Å². The molecule has 5 aliphatic carbocycles. The van der Waals surface area contributed by atoms with Gasteiger partial charge in [-0.2, -0.15) is 0 Å². The summed E-state index contributed by atoms with van der Waals surface area (Å²) in [6.07, 6.45) is 11.6. The number of fused-ring (bicyclic) bond motifs is 7. The smallest absolute Gasteiger partial charge is 0.167 e. The van der Waals surface area contributed by atoms with E-state index in [2.05, 4.69) is 54.5 Å². The van der Waals surface area contributed by atoms with Gasteiger partial charge in [0.25, 0.3) is 0 Å². The molecular weight excluding hydrogens is 408 g/mol. The maximum Gasteiger partial charge on any atom is 0.167 e. The molecule has 4 saturated carbocycles. The highest BCUT2D eigenvalue weighted by Crippen LogP contribution is 2.76. The monoisotopic (exact) mass is 456 g/mol. The van der Waals surface area contributed by atoms with E-state index in [-0.39, 0.29) is 32.9 Å². The quantitative estimate of drug-likeness (QED) is 0.454. The van der Waals surface area contributed by atoms with Crippen LogP contribution >= 0.6 is 0 Å². The minimum absolute atomic E-state index is 0.000555. The van der Waals surface area contributed by atoms with Crippen molar-refractivity contribution in [3.8, 4) is 0 Å². The fourth-order valence-corrected chi connectivity index (χ4v) is 10.7. The summed E-state index contributed by atoms with van der Waals surface area (Å²) in [5.74, 6) is 1.49. The molecule has 0 aromatic rings. The highest BCUT2D eigenvalue weighted by atomic mass is 16.3. The van der Waals surface area contributed by atoms with E-state index >= 15 is 0 Å². The Balaban J connectivity index is 1.58. The Morgan fingerprint density at radius 2 is 1.52 bits per heavy atom. The van der Waals surface area contributed by atoms with Crippen molar-refractivity contribution in [2.45, 2.75) is 112 Å². The molecule has 0 heterocycles. The Hall–Kier alpha value is -0.670. The van der Waals surface area contributed by atoms with E-state index in [1.165, 1.54) is 32.1 Å². The Morgan fingerprint density at radius 3 is 2.18 bits per heavy atom. The van der Waals surface area contributed by atoms with Crippen LogP contribution in [-0.4, -0.2) is 28.7 Å². The van der Waals surface area contributed by atoms with E-state index in [0.29, 0.717) is 30.8 Å². The van der Waals surface area contributed by atoms with Gasteiger partial charge in [0.05, 0.1) is 6.61 Å². The third-order valence-electron chi connectivity index (χ3n) is 12.8. The zero-order valence-electron chi connectivity index (χ0n) is 22.3. The average Bonchev–Trinajstić information content (AvgIpc) is 2.72. The molecule has 4 fully saturated rings. The van der Waals surface area contributed by atoms with Crippen LogP contribution in [-0.2, 0) is 4.79 Å². The van der Waals surface area contributed by atoms with E-state index < -0.39 is 11.5 Å². The molecule has 0 amide bonds. The minimum Gasteiger partial charge on any atom is -0.395 e. The van der Waals surface area contributed by atoms with E-state index in [0.717, 1.165) is 19.3 Å². The predicted molar refractivity (Wildman–Crippen MR) is 133 cm³/mol. The van der Waals surface area contributed by atoms with Gasteiger partial charge in [0.1, 0.15) is 6.10 Å². The third kappa shape index (κ3) is 2.90. The first kappa shape index (κ1) is 24.0. The summed E-state index contributed by atoms with van der Waals surface area (Å²) in [6, 6.07) is 0. The summed E-state index contributed by atoms with van der Waals surface area (Å²) in [7, 11) is 0. The van der Waals surface area contributed by atoms with Crippen LogP contribution in [0.5, 0.6) is 0 Å². The zero-order chi connectivity index (χ0) is 24.2. The largest absolute Gasteiger partial charge is 0.395 e. The Labute approximate surface area is 201 Å². The van der Waals surface area contributed by atoms with Crippen LogP contribution in [0.2, 0.25) is 0 Å². The molecule has 0 saturated heterocycles. The molecule has 0 spiro atoms. The number of ketones is 1. The van der Waals surface area contributed by atoms with E-state index in [1.807, 2.05) is 0 Å². The number of hydrogen-bond acceptors (Lipinski definition) is 3. The van der Waals surface area contributed by atoms with Crippen LogP contribution < -0.4 is 0 Å². The van der Waals surface area contributed by atoms with E-state index in [9.17, 15) is 15.0 Å². The highest BCUT2D eigenvalue weighted by Gasteiger charge is 2.69. The highest BCUT2D eigenvalue weighted by molar-refractivity contribution is 5.89. The fourth-order valence-electron chi connectivity index (χ4n) is 10.7. The molecule has 5 rings (SSSR count). The molecule has 33 heavy (non-hydrogen) atoms. The molecule has 8 atom stereocenters. The molecule has 0 aromatic carbocycles. The van der Waals surface area contributed by atoms with E-state index in [4.69, 9.17) is 0 Å². The van der Waals surface area contributed by atoms with Gasteiger partial charge >= 0.3 is 0 Å². The second kappa shape index (κ2) is 6.96. The summed E-state index contributed by atoms with van der Waals surface area (Å²) in [5, 5.41) is 21.5. The van der Waals surface area contributed by atoms with Crippen molar-refractivity contribution in [2.24, 2.45) is 50.2 Å². The van der Waals surface area contributed by atoms with Crippen LogP contribution in [0.4, 0.5) is 0 Å². The zero-order valence-corrected chi connectivity index (χ0v) is 22.3. The number of hydrogen-bond donors (Lipinski definition) is 2. The first-order valence-corrected chi connectivity index (χ1v) is 13.7. The first-order chi connectivity index (χ1) is 15.2. The van der Waals surface area contributed by atoms with Gasteiger partial charge in [0.2, 0.25) is 0 Å². The number of carbonyl (C=O) groups is 1. The lowest BCUT2D eigenvalue weighted by molar-refractivity contribution is -0.222.